The Morgan fingerprint density at radius 2 is 2.10 bits per heavy atom. The predicted molar refractivity (Wildman–Crippen MR) is 80.3 cm³/mol. The third-order valence-corrected chi connectivity index (χ3v) is 3.62. The van der Waals surface area contributed by atoms with Crippen LogP contribution in [-0.2, 0) is 6.42 Å². The van der Waals surface area contributed by atoms with Gasteiger partial charge < -0.3 is 5.32 Å². The van der Waals surface area contributed by atoms with Gasteiger partial charge in [-0.2, -0.15) is 0 Å². The van der Waals surface area contributed by atoms with Crippen LogP contribution in [0, 0.1) is 11.6 Å². The van der Waals surface area contributed by atoms with Crippen molar-refractivity contribution in [1.82, 2.24) is 10.3 Å². The topological polar surface area (TPSA) is 24.9 Å². The van der Waals surface area contributed by atoms with E-state index in [9.17, 15) is 8.78 Å². The first-order valence-electron chi connectivity index (χ1n) is 6.88. The highest BCUT2D eigenvalue weighted by atomic mass is 35.5. The van der Waals surface area contributed by atoms with Crippen molar-refractivity contribution >= 4 is 11.6 Å². The van der Waals surface area contributed by atoms with Crippen LogP contribution in [0.5, 0.6) is 0 Å². The van der Waals surface area contributed by atoms with E-state index >= 15 is 0 Å². The van der Waals surface area contributed by atoms with Crippen LogP contribution in [0.15, 0.2) is 36.7 Å². The molecule has 0 fully saturated rings. The fourth-order valence-electron chi connectivity index (χ4n) is 2.20. The average Bonchev–Trinajstić information content (AvgIpc) is 2.48. The molecule has 0 aliphatic carbocycles. The normalized spacial score (nSPS) is 12.4. The number of nitrogens with zero attached hydrogens (tertiary/aromatic N) is 1. The van der Waals surface area contributed by atoms with Gasteiger partial charge in [0.15, 0.2) is 0 Å². The van der Waals surface area contributed by atoms with Gasteiger partial charge in [0.25, 0.3) is 0 Å². The largest absolute Gasteiger partial charge is 0.310 e. The molecule has 1 N–H and O–H groups in total. The zero-order chi connectivity index (χ0) is 15.2. The third kappa shape index (κ3) is 4.22. The highest BCUT2D eigenvalue weighted by Crippen LogP contribution is 2.25. The Kier molecular flexibility index (Phi) is 5.65. The van der Waals surface area contributed by atoms with E-state index < -0.39 is 0 Å². The van der Waals surface area contributed by atoms with Crippen LogP contribution >= 0.6 is 11.6 Å². The van der Waals surface area contributed by atoms with Crippen molar-refractivity contribution in [3.05, 3.63) is 64.4 Å². The van der Waals surface area contributed by atoms with Crippen molar-refractivity contribution < 1.29 is 8.78 Å². The summed E-state index contributed by atoms with van der Waals surface area (Å²) in [6.07, 6.45) is 4.06. The molecule has 0 amide bonds. The lowest BCUT2D eigenvalue weighted by Crippen LogP contribution is -2.25. The number of aromatic nitrogens is 1. The molecule has 21 heavy (non-hydrogen) atoms. The van der Waals surface area contributed by atoms with Gasteiger partial charge in [-0.25, -0.2) is 8.78 Å². The smallest absolute Gasteiger partial charge is 0.146 e. The van der Waals surface area contributed by atoms with Crippen molar-refractivity contribution in [2.45, 2.75) is 25.8 Å². The monoisotopic (exact) mass is 310 g/mol. The zero-order valence-electron chi connectivity index (χ0n) is 11.7. The summed E-state index contributed by atoms with van der Waals surface area (Å²) < 4.78 is 27.3. The van der Waals surface area contributed by atoms with Crippen molar-refractivity contribution in [2.24, 2.45) is 0 Å². The maximum Gasteiger partial charge on any atom is 0.146 e. The van der Waals surface area contributed by atoms with Gasteiger partial charge in [0.1, 0.15) is 11.6 Å². The predicted octanol–water partition coefficient (Wildman–Crippen LogP) is 4.30. The van der Waals surface area contributed by atoms with E-state index in [1.807, 2.05) is 6.92 Å². The number of halogens is 3. The molecular weight excluding hydrogens is 294 g/mol. The highest BCUT2D eigenvalue weighted by molar-refractivity contribution is 6.31. The lowest BCUT2D eigenvalue weighted by atomic mass is 9.99. The molecular formula is C16H17ClF2N2. The molecule has 2 aromatic rings. The zero-order valence-corrected chi connectivity index (χ0v) is 12.5. The Balaban J connectivity index is 2.28. The van der Waals surface area contributed by atoms with Gasteiger partial charge in [-0.3, -0.25) is 4.98 Å². The Morgan fingerprint density at radius 3 is 2.81 bits per heavy atom. The summed E-state index contributed by atoms with van der Waals surface area (Å²) in [5, 5.41) is 3.75. The first kappa shape index (κ1) is 15.9. The summed E-state index contributed by atoms with van der Waals surface area (Å²) in [7, 11) is 0. The van der Waals surface area contributed by atoms with E-state index in [2.05, 4.69) is 10.3 Å². The summed E-state index contributed by atoms with van der Waals surface area (Å²) in [6, 6.07) is 5.59. The molecule has 2 rings (SSSR count). The van der Waals surface area contributed by atoms with E-state index in [1.54, 1.807) is 12.3 Å². The van der Waals surface area contributed by atoms with Gasteiger partial charge in [0.05, 0.1) is 6.20 Å². The molecule has 1 aromatic carbocycles. The number of hydrogen-bond acceptors (Lipinski definition) is 2. The van der Waals surface area contributed by atoms with Gasteiger partial charge in [-0.1, -0.05) is 18.5 Å². The van der Waals surface area contributed by atoms with Crippen molar-refractivity contribution in [1.29, 1.82) is 0 Å². The standard InChI is InChI=1S/C16H17ClF2N2/c1-2-6-21-16(13-5-7-20-10-15(13)19)9-11-8-12(18)3-4-14(11)17/h3-5,7-8,10,16,21H,2,6,9H2,1H3. The number of rotatable bonds is 6. The number of pyridine rings is 1. The van der Waals surface area contributed by atoms with Crippen LogP contribution in [0.1, 0.15) is 30.5 Å². The molecule has 0 saturated carbocycles. The van der Waals surface area contributed by atoms with Crippen LogP contribution in [0.3, 0.4) is 0 Å². The van der Waals surface area contributed by atoms with Crippen LogP contribution in [0.2, 0.25) is 5.02 Å². The van der Waals surface area contributed by atoms with Crippen LogP contribution in [0.4, 0.5) is 8.78 Å². The average molecular weight is 311 g/mol. The molecule has 2 nitrogen and oxygen atoms in total. The Bertz CT molecular complexity index is 605. The summed E-state index contributed by atoms with van der Waals surface area (Å²) >= 11 is 6.10. The fraction of sp³-hybridized carbons (Fsp3) is 0.312. The van der Waals surface area contributed by atoms with Crippen molar-refractivity contribution in [3.63, 3.8) is 0 Å². The van der Waals surface area contributed by atoms with E-state index in [0.29, 0.717) is 22.6 Å². The van der Waals surface area contributed by atoms with Crippen LogP contribution in [-0.4, -0.2) is 11.5 Å². The number of nitrogens with one attached hydrogen (secondary N) is 1. The fourth-order valence-corrected chi connectivity index (χ4v) is 2.39. The molecule has 0 aliphatic rings. The van der Waals surface area contributed by atoms with Gasteiger partial charge in [0.2, 0.25) is 0 Å². The number of benzene rings is 1. The van der Waals surface area contributed by atoms with E-state index in [0.717, 1.165) is 13.0 Å². The van der Waals surface area contributed by atoms with E-state index in [4.69, 9.17) is 11.6 Å². The summed E-state index contributed by atoms with van der Waals surface area (Å²) in [4.78, 5) is 3.76. The summed E-state index contributed by atoms with van der Waals surface area (Å²) in [5.41, 5.74) is 1.17. The van der Waals surface area contributed by atoms with Crippen LogP contribution < -0.4 is 5.32 Å². The molecule has 0 spiro atoms. The molecule has 1 unspecified atom stereocenters. The SMILES string of the molecule is CCCNC(Cc1cc(F)ccc1Cl)c1ccncc1F. The van der Waals surface area contributed by atoms with Gasteiger partial charge in [-0.15, -0.1) is 0 Å². The molecule has 112 valence electrons. The first-order chi connectivity index (χ1) is 10.1. The van der Waals surface area contributed by atoms with Crippen LogP contribution in [0.25, 0.3) is 0 Å². The Labute approximate surface area is 128 Å². The molecule has 1 aromatic heterocycles. The molecule has 1 heterocycles. The molecule has 0 saturated heterocycles. The minimum atomic E-state index is -0.376. The molecule has 0 radical (unpaired) electrons. The maximum atomic E-state index is 13.9. The molecule has 0 bridgehead atoms. The maximum absolute atomic E-state index is 13.9. The first-order valence-corrected chi connectivity index (χ1v) is 7.26. The summed E-state index contributed by atoms with van der Waals surface area (Å²) in [5.74, 6) is -0.725. The van der Waals surface area contributed by atoms with Crippen molar-refractivity contribution in [3.8, 4) is 0 Å². The lowest BCUT2D eigenvalue weighted by Gasteiger charge is -2.20. The van der Waals surface area contributed by atoms with E-state index in [1.165, 1.54) is 24.4 Å². The lowest BCUT2D eigenvalue weighted by molar-refractivity contribution is 0.494. The molecule has 1 atom stereocenters. The van der Waals surface area contributed by atoms with Gasteiger partial charge in [-0.05, 0) is 49.2 Å². The van der Waals surface area contributed by atoms with Gasteiger partial charge >= 0.3 is 0 Å². The quantitative estimate of drug-likeness (QED) is 0.860. The highest BCUT2D eigenvalue weighted by Gasteiger charge is 2.17. The molecule has 0 aliphatic heterocycles. The minimum absolute atomic E-state index is 0.271. The Hall–Kier alpha value is -1.52. The van der Waals surface area contributed by atoms with E-state index in [-0.39, 0.29) is 17.7 Å². The number of hydrogen-bond donors (Lipinski definition) is 1. The Morgan fingerprint density at radius 1 is 1.29 bits per heavy atom. The second-order valence-electron chi connectivity index (χ2n) is 4.84. The van der Waals surface area contributed by atoms with Crippen molar-refractivity contribution in [2.75, 3.05) is 6.54 Å². The second kappa shape index (κ2) is 7.48. The van der Waals surface area contributed by atoms with Gasteiger partial charge in [0, 0.05) is 22.8 Å². The second-order valence-corrected chi connectivity index (χ2v) is 5.25. The molecule has 5 heteroatoms. The minimum Gasteiger partial charge on any atom is -0.310 e. The summed E-state index contributed by atoms with van der Waals surface area (Å²) in [6.45, 7) is 2.77. The third-order valence-electron chi connectivity index (χ3n) is 3.25.